The number of carbonyl (C=O) groups excluding carboxylic acids is 2. The molecule has 0 aromatic heterocycles. The fourth-order valence-electron chi connectivity index (χ4n) is 1.69. The van der Waals surface area contributed by atoms with Crippen molar-refractivity contribution in [1.29, 1.82) is 0 Å². The van der Waals surface area contributed by atoms with E-state index < -0.39 is 23.7 Å². The number of hydrogen-bond donors (Lipinski definition) is 2. The van der Waals surface area contributed by atoms with Gasteiger partial charge in [-0.25, -0.2) is 4.79 Å². The summed E-state index contributed by atoms with van der Waals surface area (Å²) in [6.07, 6.45) is -0.695. The van der Waals surface area contributed by atoms with E-state index in [4.69, 9.17) is 4.74 Å². The van der Waals surface area contributed by atoms with Crippen molar-refractivity contribution in [2.75, 3.05) is 7.11 Å². The van der Waals surface area contributed by atoms with Crippen molar-refractivity contribution < 1.29 is 24.2 Å². The molecule has 0 fully saturated rings. The lowest BCUT2D eigenvalue weighted by Crippen LogP contribution is -2.35. The summed E-state index contributed by atoms with van der Waals surface area (Å²) in [6, 6.07) is 5.67. The van der Waals surface area contributed by atoms with E-state index in [1.807, 2.05) is 0 Å². The van der Waals surface area contributed by atoms with Crippen LogP contribution in [0.15, 0.2) is 24.3 Å². The summed E-state index contributed by atoms with van der Waals surface area (Å²) in [4.78, 5) is 23.3. The summed E-state index contributed by atoms with van der Waals surface area (Å²) in [5, 5.41) is 12.1. The molecule has 1 amide bonds. The maximum absolute atomic E-state index is 11.8. The predicted octanol–water partition coefficient (Wildman–Crippen LogP) is 2.52. The van der Waals surface area contributed by atoms with Crippen LogP contribution in [0.2, 0.25) is 0 Å². The molecule has 1 aromatic rings. The fraction of sp³-hybridized carbons (Fsp3) is 0.467. The highest BCUT2D eigenvalue weighted by Gasteiger charge is 2.23. The molecule has 0 aliphatic carbocycles. The van der Waals surface area contributed by atoms with Gasteiger partial charge in [0.25, 0.3) is 0 Å². The van der Waals surface area contributed by atoms with Gasteiger partial charge in [0.15, 0.2) is 0 Å². The molecule has 0 saturated carbocycles. The zero-order valence-electron chi connectivity index (χ0n) is 12.7. The number of rotatable bonds is 4. The number of phenolic OH excluding ortho intramolecular Hbond substituents is 1. The second kappa shape index (κ2) is 6.97. The Kier molecular flexibility index (Phi) is 5.58. The molecule has 0 aliphatic rings. The van der Waals surface area contributed by atoms with E-state index in [0.717, 1.165) is 0 Å². The average Bonchev–Trinajstić information content (AvgIpc) is 2.35. The first kappa shape index (κ1) is 16.8. The van der Waals surface area contributed by atoms with Gasteiger partial charge in [0.2, 0.25) is 0 Å². The first-order chi connectivity index (χ1) is 9.71. The molecule has 2 N–H and O–H groups in total. The Bertz CT molecular complexity index is 507. The number of aromatic hydroxyl groups is 1. The smallest absolute Gasteiger partial charge is 0.408 e. The number of amides is 1. The molecule has 0 spiro atoms. The zero-order chi connectivity index (χ0) is 16.0. The second-order valence-corrected chi connectivity index (χ2v) is 5.57. The Labute approximate surface area is 124 Å². The van der Waals surface area contributed by atoms with Crippen LogP contribution in [0.25, 0.3) is 0 Å². The Hall–Kier alpha value is -2.24. The summed E-state index contributed by atoms with van der Waals surface area (Å²) in [6.45, 7) is 5.24. The first-order valence-corrected chi connectivity index (χ1v) is 6.56. The van der Waals surface area contributed by atoms with Gasteiger partial charge in [-0.05, 0) is 38.5 Å². The maximum Gasteiger partial charge on any atom is 0.408 e. The first-order valence-electron chi connectivity index (χ1n) is 6.56. The molecule has 0 heterocycles. The third-order valence-corrected chi connectivity index (χ3v) is 2.56. The van der Waals surface area contributed by atoms with Gasteiger partial charge in [-0.15, -0.1) is 0 Å². The number of ether oxygens (including phenoxy) is 2. The van der Waals surface area contributed by atoms with Crippen LogP contribution in [-0.4, -0.2) is 29.9 Å². The Morgan fingerprint density at radius 2 is 2.00 bits per heavy atom. The third-order valence-electron chi connectivity index (χ3n) is 2.56. The molecule has 1 aromatic carbocycles. The SMILES string of the molecule is COC(=O)CC(NC(=O)OC(C)(C)C)c1cccc(O)c1. The van der Waals surface area contributed by atoms with Crippen molar-refractivity contribution in [2.24, 2.45) is 0 Å². The van der Waals surface area contributed by atoms with E-state index in [2.05, 4.69) is 10.1 Å². The number of nitrogens with one attached hydrogen (secondary N) is 1. The van der Waals surface area contributed by atoms with Crippen LogP contribution in [0.3, 0.4) is 0 Å². The van der Waals surface area contributed by atoms with Crippen LogP contribution < -0.4 is 5.32 Å². The number of carbonyl (C=O) groups is 2. The van der Waals surface area contributed by atoms with E-state index in [9.17, 15) is 14.7 Å². The van der Waals surface area contributed by atoms with Crippen LogP contribution in [-0.2, 0) is 14.3 Å². The minimum atomic E-state index is -0.640. The lowest BCUT2D eigenvalue weighted by Gasteiger charge is -2.23. The van der Waals surface area contributed by atoms with E-state index >= 15 is 0 Å². The maximum atomic E-state index is 11.8. The van der Waals surface area contributed by atoms with Gasteiger partial charge < -0.3 is 19.9 Å². The lowest BCUT2D eigenvalue weighted by molar-refractivity contribution is -0.141. The van der Waals surface area contributed by atoms with Crippen molar-refractivity contribution >= 4 is 12.1 Å². The molecule has 1 unspecified atom stereocenters. The molecule has 116 valence electrons. The second-order valence-electron chi connectivity index (χ2n) is 5.57. The summed E-state index contributed by atoms with van der Waals surface area (Å²) >= 11 is 0. The lowest BCUT2D eigenvalue weighted by atomic mass is 10.0. The average molecular weight is 295 g/mol. The fourth-order valence-corrected chi connectivity index (χ4v) is 1.69. The van der Waals surface area contributed by atoms with E-state index in [-0.39, 0.29) is 12.2 Å². The molecule has 0 bridgehead atoms. The third kappa shape index (κ3) is 6.16. The van der Waals surface area contributed by atoms with Crippen LogP contribution in [0, 0.1) is 0 Å². The summed E-state index contributed by atoms with van der Waals surface area (Å²) in [5.41, 5.74) is -0.0510. The van der Waals surface area contributed by atoms with Gasteiger partial charge in [0.1, 0.15) is 11.4 Å². The summed E-state index contributed by atoms with van der Waals surface area (Å²) < 4.78 is 9.79. The topological polar surface area (TPSA) is 84.9 Å². The normalized spacial score (nSPS) is 12.4. The number of phenols is 1. The minimum absolute atomic E-state index is 0.0494. The van der Waals surface area contributed by atoms with E-state index in [0.29, 0.717) is 5.56 Å². The van der Waals surface area contributed by atoms with E-state index in [1.54, 1.807) is 32.9 Å². The standard InChI is InChI=1S/C15H21NO5/c1-15(2,3)21-14(19)16-12(9-13(18)20-4)10-6-5-7-11(17)8-10/h5-8,12,17H,9H2,1-4H3,(H,16,19). The van der Waals surface area contributed by atoms with E-state index in [1.165, 1.54) is 19.2 Å². The van der Waals surface area contributed by atoms with Gasteiger partial charge in [0, 0.05) is 0 Å². The Morgan fingerprint density at radius 1 is 1.33 bits per heavy atom. The van der Waals surface area contributed by atoms with Gasteiger partial charge in [-0.2, -0.15) is 0 Å². The molecule has 0 aliphatic heterocycles. The number of alkyl carbamates (subject to hydrolysis) is 1. The predicted molar refractivity (Wildman–Crippen MR) is 76.9 cm³/mol. The minimum Gasteiger partial charge on any atom is -0.508 e. The monoisotopic (exact) mass is 295 g/mol. The number of methoxy groups -OCH3 is 1. The molecule has 1 atom stereocenters. The van der Waals surface area contributed by atoms with Gasteiger partial charge in [-0.3, -0.25) is 4.79 Å². The number of esters is 1. The van der Waals surface area contributed by atoms with Crippen LogP contribution in [0.5, 0.6) is 5.75 Å². The number of benzene rings is 1. The van der Waals surface area contributed by atoms with Gasteiger partial charge >= 0.3 is 12.1 Å². The van der Waals surface area contributed by atoms with Crippen LogP contribution >= 0.6 is 0 Å². The largest absolute Gasteiger partial charge is 0.508 e. The molecule has 0 radical (unpaired) electrons. The summed E-state index contributed by atoms with van der Waals surface area (Å²) in [7, 11) is 1.27. The Morgan fingerprint density at radius 3 is 2.52 bits per heavy atom. The molecule has 21 heavy (non-hydrogen) atoms. The van der Waals surface area contributed by atoms with Gasteiger partial charge in [0.05, 0.1) is 19.6 Å². The molecule has 1 rings (SSSR count). The molecule has 0 saturated heterocycles. The van der Waals surface area contributed by atoms with Gasteiger partial charge in [-0.1, -0.05) is 12.1 Å². The molecular weight excluding hydrogens is 274 g/mol. The molecular formula is C15H21NO5. The van der Waals surface area contributed by atoms with Crippen LogP contribution in [0.1, 0.15) is 38.8 Å². The quantitative estimate of drug-likeness (QED) is 0.834. The van der Waals surface area contributed by atoms with Crippen molar-refractivity contribution in [1.82, 2.24) is 5.32 Å². The van der Waals surface area contributed by atoms with Crippen molar-refractivity contribution in [3.63, 3.8) is 0 Å². The number of hydrogen-bond acceptors (Lipinski definition) is 5. The highest BCUT2D eigenvalue weighted by atomic mass is 16.6. The highest BCUT2D eigenvalue weighted by molar-refractivity contribution is 5.73. The zero-order valence-corrected chi connectivity index (χ0v) is 12.7. The molecule has 6 heteroatoms. The van der Waals surface area contributed by atoms with Crippen molar-refractivity contribution in [2.45, 2.75) is 38.8 Å². The highest BCUT2D eigenvalue weighted by Crippen LogP contribution is 2.22. The van der Waals surface area contributed by atoms with Crippen molar-refractivity contribution in [3.8, 4) is 5.75 Å². The van der Waals surface area contributed by atoms with Crippen molar-refractivity contribution in [3.05, 3.63) is 29.8 Å². The Balaban J connectivity index is 2.87. The van der Waals surface area contributed by atoms with Crippen LogP contribution in [0.4, 0.5) is 4.79 Å². The summed E-state index contributed by atoms with van der Waals surface area (Å²) in [5.74, 6) is -0.423. The molecule has 6 nitrogen and oxygen atoms in total.